The van der Waals surface area contributed by atoms with Crippen LogP contribution in [0.5, 0.6) is 0 Å². The summed E-state index contributed by atoms with van der Waals surface area (Å²) in [4.78, 5) is 11.4. The van der Waals surface area contributed by atoms with E-state index in [4.69, 9.17) is 5.73 Å². The summed E-state index contributed by atoms with van der Waals surface area (Å²) < 4.78 is 0. The molecule has 0 aliphatic heterocycles. The van der Waals surface area contributed by atoms with Crippen molar-refractivity contribution in [1.29, 1.82) is 0 Å². The molecule has 12 heavy (non-hydrogen) atoms. The molecule has 0 radical (unpaired) electrons. The normalized spacial score (nSPS) is 28.0. The van der Waals surface area contributed by atoms with Crippen LogP contribution in [0.4, 0.5) is 0 Å². The van der Waals surface area contributed by atoms with E-state index in [-0.39, 0.29) is 23.9 Å². The smallest absolute Gasteiger partial charge is 0.227 e. The van der Waals surface area contributed by atoms with Gasteiger partial charge < -0.3 is 11.1 Å². The van der Waals surface area contributed by atoms with Crippen LogP contribution >= 0.6 is 0 Å². The van der Waals surface area contributed by atoms with Crippen LogP contribution in [0, 0.1) is 5.92 Å². The number of rotatable bonds is 2. The standard InChI is InChI=1S/C9H16N2O/c1-6(2)11-9(12)7-3-4-8(10)5-7/h3-4,6-8H,5,10H2,1-2H3,(H,11,12). The average molecular weight is 168 g/mol. The number of nitrogens with one attached hydrogen (secondary N) is 1. The molecule has 0 spiro atoms. The van der Waals surface area contributed by atoms with E-state index in [1.165, 1.54) is 0 Å². The van der Waals surface area contributed by atoms with Gasteiger partial charge in [0.05, 0.1) is 5.92 Å². The summed E-state index contributed by atoms with van der Waals surface area (Å²) in [5.74, 6) is 0.0802. The Morgan fingerprint density at radius 3 is 2.67 bits per heavy atom. The van der Waals surface area contributed by atoms with Gasteiger partial charge in [0.15, 0.2) is 0 Å². The van der Waals surface area contributed by atoms with Gasteiger partial charge in [-0.15, -0.1) is 0 Å². The molecule has 68 valence electrons. The molecule has 0 heterocycles. The molecule has 0 aromatic heterocycles. The van der Waals surface area contributed by atoms with Gasteiger partial charge in [-0.25, -0.2) is 0 Å². The molecule has 0 bridgehead atoms. The van der Waals surface area contributed by atoms with Gasteiger partial charge in [-0.3, -0.25) is 4.79 Å². The summed E-state index contributed by atoms with van der Waals surface area (Å²) in [7, 11) is 0. The first-order valence-electron chi connectivity index (χ1n) is 4.34. The molecule has 0 saturated heterocycles. The Morgan fingerprint density at radius 1 is 1.58 bits per heavy atom. The molecule has 1 aliphatic rings. The predicted octanol–water partition coefficient (Wildman–Crippen LogP) is 0.414. The Kier molecular flexibility index (Phi) is 2.87. The van der Waals surface area contributed by atoms with Gasteiger partial charge in [0.2, 0.25) is 5.91 Å². The molecule has 3 N–H and O–H groups in total. The quantitative estimate of drug-likeness (QED) is 0.587. The van der Waals surface area contributed by atoms with Crippen LogP contribution in [-0.4, -0.2) is 18.0 Å². The largest absolute Gasteiger partial charge is 0.353 e. The summed E-state index contributed by atoms with van der Waals surface area (Å²) in [5, 5.41) is 2.86. The third-order valence-corrected chi connectivity index (χ3v) is 1.88. The Bertz CT molecular complexity index is 199. The Morgan fingerprint density at radius 2 is 2.25 bits per heavy atom. The lowest BCUT2D eigenvalue weighted by atomic mass is 10.1. The van der Waals surface area contributed by atoms with Crippen LogP contribution in [0.3, 0.4) is 0 Å². The lowest BCUT2D eigenvalue weighted by Crippen LogP contribution is -2.35. The van der Waals surface area contributed by atoms with Crippen molar-refractivity contribution in [1.82, 2.24) is 5.32 Å². The van der Waals surface area contributed by atoms with Gasteiger partial charge in [-0.05, 0) is 20.3 Å². The predicted molar refractivity (Wildman–Crippen MR) is 48.5 cm³/mol. The van der Waals surface area contributed by atoms with Crippen molar-refractivity contribution in [3.63, 3.8) is 0 Å². The summed E-state index contributed by atoms with van der Waals surface area (Å²) in [5.41, 5.74) is 5.63. The monoisotopic (exact) mass is 168 g/mol. The van der Waals surface area contributed by atoms with Crippen molar-refractivity contribution in [2.45, 2.75) is 32.4 Å². The van der Waals surface area contributed by atoms with Crippen molar-refractivity contribution in [2.75, 3.05) is 0 Å². The van der Waals surface area contributed by atoms with E-state index in [9.17, 15) is 4.79 Å². The lowest BCUT2D eigenvalue weighted by molar-refractivity contribution is -0.124. The third kappa shape index (κ3) is 2.34. The van der Waals surface area contributed by atoms with E-state index in [1.807, 2.05) is 26.0 Å². The molecule has 0 aromatic carbocycles. The average Bonchev–Trinajstić information content (AvgIpc) is 2.34. The zero-order chi connectivity index (χ0) is 9.14. The van der Waals surface area contributed by atoms with E-state index in [0.717, 1.165) is 6.42 Å². The zero-order valence-corrected chi connectivity index (χ0v) is 7.58. The van der Waals surface area contributed by atoms with Gasteiger partial charge in [-0.1, -0.05) is 12.2 Å². The SMILES string of the molecule is CC(C)NC(=O)C1C=CC(N)C1. The molecule has 3 nitrogen and oxygen atoms in total. The minimum absolute atomic E-state index is 0.0117. The second kappa shape index (κ2) is 3.72. The van der Waals surface area contributed by atoms with Gasteiger partial charge in [-0.2, -0.15) is 0 Å². The Hall–Kier alpha value is -0.830. The van der Waals surface area contributed by atoms with Crippen LogP contribution in [0.2, 0.25) is 0 Å². The van der Waals surface area contributed by atoms with Gasteiger partial charge in [0.25, 0.3) is 0 Å². The van der Waals surface area contributed by atoms with E-state index >= 15 is 0 Å². The van der Waals surface area contributed by atoms with Crippen molar-refractivity contribution in [3.05, 3.63) is 12.2 Å². The highest BCUT2D eigenvalue weighted by Gasteiger charge is 2.22. The molecule has 0 fully saturated rings. The molecule has 0 aromatic rings. The molecule has 1 rings (SSSR count). The lowest BCUT2D eigenvalue weighted by Gasteiger charge is -2.12. The van der Waals surface area contributed by atoms with Crippen LogP contribution in [-0.2, 0) is 4.79 Å². The summed E-state index contributed by atoms with van der Waals surface area (Å²) in [6.45, 7) is 3.91. The Labute approximate surface area is 73.0 Å². The maximum Gasteiger partial charge on any atom is 0.227 e. The summed E-state index contributed by atoms with van der Waals surface area (Å²) in [6, 6.07) is 0.274. The van der Waals surface area contributed by atoms with Crippen molar-refractivity contribution in [3.8, 4) is 0 Å². The first-order valence-corrected chi connectivity index (χ1v) is 4.34. The third-order valence-electron chi connectivity index (χ3n) is 1.88. The fourth-order valence-corrected chi connectivity index (χ4v) is 1.31. The first kappa shape index (κ1) is 9.26. The van der Waals surface area contributed by atoms with Crippen LogP contribution in [0.25, 0.3) is 0 Å². The molecule has 0 saturated carbocycles. The fourth-order valence-electron chi connectivity index (χ4n) is 1.31. The minimum Gasteiger partial charge on any atom is -0.353 e. The molecule has 2 unspecified atom stereocenters. The van der Waals surface area contributed by atoms with E-state index < -0.39 is 0 Å². The zero-order valence-electron chi connectivity index (χ0n) is 7.58. The highest BCUT2D eigenvalue weighted by molar-refractivity contribution is 5.81. The van der Waals surface area contributed by atoms with E-state index in [2.05, 4.69) is 5.32 Å². The van der Waals surface area contributed by atoms with Crippen LogP contribution in [0.1, 0.15) is 20.3 Å². The Balaban J connectivity index is 2.39. The second-order valence-electron chi connectivity index (χ2n) is 3.55. The van der Waals surface area contributed by atoms with Crippen LogP contribution < -0.4 is 11.1 Å². The summed E-state index contributed by atoms with van der Waals surface area (Å²) in [6.07, 6.45) is 4.53. The molecular weight excluding hydrogens is 152 g/mol. The molecule has 1 amide bonds. The highest BCUT2D eigenvalue weighted by atomic mass is 16.1. The number of carbonyl (C=O) groups is 1. The molecule has 3 heteroatoms. The maximum absolute atomic E-state index is 11.4. The number of nitrogens with two attached hydrogens (primary N) is 1. The number of carbonyl (C=O) groups excluding carboxylic acids is 1. The second-order valence-corrected chi connectivity index (χ2v) is 3.55. The van der Waals surface area contributed by atoms with Gasteiger partial charge in [0.1, 0.15) is 0 Å². The topological polar surface area (TPSA) is 55.1 Å². The molecule has 2 atom stereocenters. The molecule has 1 aliphatic carbocycles. The van der Waals surface area contributed by atoms with Crippen molar-refractivity contribution < 1.29 is 4.79 Å². The molecular formula is C9H16N2O. The number of amides is 1. The van der Waals surface area contributed by atoms with Crippen molar-refractivity contribution >= 4 is 5.91 Å². The number of hydrogen-bond acceptors (Lipinski definition) is 2. The first-order chi connectivity index (χ1) is 5.59. The maximum atomic E-state index is 11.4. The fraction of sp³-hybridized carbons (Fsp3) is 0.667. The van der Waals surface area contributed by atoms with Gasteiger partial charge in [0, 0.05) is 12.1 Å². The highest BCUT2D eigenvalue weighted by Crippen LogP contribution is 2.16. The minimum atomic E-state index is -0.0117. The van der Waals surface area contributed by atoms with Gasteiger partial charge >= 0.3 is 0 Å². The van der Waals surface area contributed by atoms with E-state index in [1.54, 1.807) is 0 Å². The van der Waals surface area contributed by atoms with Crippen molar-refractivity contribution in [2.24, 2.45) is 11.7 Å². The number of hydrogen-bond donors (Lipinski definition) is 2. The summed E-state index contributed by atoms with van der Waals surface area (Å²) >= 11 is 0. The van der Waals surface area contributed by atoms with E-state index in [0.29, 0.717) is 0 Å². The van der Waals surface area contributed by atoms with Crippen LogP contribution in [0.15, 0.2) is 12.2 Å².